The topological polar surface area (TPSA) is 34.1 Å². The molecule has 2 aromatic carbocycles. The molecule has 0 saturated carbocycles. The summed E-state index contributed by atoms with van der Waals surface area (Å²) < 4.78 is 5.37. The van der Waals surface area contributed by atoms with E-state index in [1.807, 2.05) is 48.7 Å². The molecule has 5 heteroatoms. The average Bonchev–Trinajstić information content (AvgIpc) is 3.08. The molecule has 0 aliphatic carbocycles. The fourth-order valence-corrected chi connectivity index (χ4v) is 3.49. The van der Waals surface area contributed by atoms with Crippen LogP contribution in [0.5, 0.6) is 5.75 Å². The van der Waals surface area contributed by atoms with Crippen LogP contribution >= 0.6 is 22.9 Å². The van der Waals surface area contributed by atoms with Crippen molar-refractivity contribution >= 4 is 22.9 Å². The van der Waals surface area contributed by atoms with E-state index in [0.717, 1.165) is 45.7 Å². The van der Waals surface area contributed by atoms with Crippen LogP contribution < -0.4 is 10.1 Å². The molecule has 0 aliphatic rings. The monoisotopic (exact) mass is 358 g/mol. The van der Waals surface area contributed by atoms with Crippen LogP contribution in [-0.2, 0) is 13.0 Å². The number of nitrogens with one attached hydrogen (secondary N) is 1. The van der Waals surface area contributed by atoms with Crippen molar-refractivity contribution in [2.75, 3.05) is 13.7 Å². The number of hydrogen-bond donors (Lipinski definition) is 1. The summed E-state index contributed by atoms with van der Waals surface area (Å²) in [4.78, 5) is 5.65. The Labute approximate surface area is 151 Å². The zero-order chi connectivity index (χ0) is 16.8. The maximum absolute atomic E-state index is 5.93. The van der Waals surface area contributed by atoms with Crippen LogP contribution in [0.2, 0.25) is 5.02 Å². The number of thiazole rings is 1. The number of rotatable bonds is 7. The van der Waals surface area contributed by atoms with E-state index in [4.69, 9.17) is 16.3 Å². The van der Waals surface area contributed by atoms with Crippen LogP contribution in [0.4, 0.5) is 0 Å². The number of aromatic nitrogens is 1. The zero-order valence-electron chi connectivity index (χ0n) is 13.5. The molecule has 0 radical (unpaired) electrons. The van der Waals surface area contributed by atoms with Gasteiger partial charge in [0.05, 0.1) is 12.0 Å². The highest BCUT2D eigenvalue weighted by Gasteiger charge is 2.05. The first kappa shape index (κ1) is 17.0. The molecule has 24 heavy (non-hydrogen) atoms. The predicted octanol–water partition coefficient (Wildman–Crippen LogP) is 4.80. The lowest BCUT2D eigenvalue weighted by Gasteiger charge is -2.08. The average molecular weight is 359 g/mol. The first-order valence-electron chi connectivity index (χ1n) is 7.79. The maximum atomic E-state index is 5.93. The van der Waals surface area contributed by atoms with Crippen LogP contribution in [0, 0.1) is 0 Å². The lowest BCUT2D eigenvalue weighted by atomic mass is 10.1. The number of para-hydroxylation sites is 1. The Hall–Kier alpha value is -1.88. The highest BCUT2D eigenvalue weighted by molar-refractivity contribution is 7.15. The van der Waals surface area contributed by atoms with Crippen LogP contribution in [0.1, 0.15) is 10.6 Å². The summed E-state index contributed by atoms with van der Waals surface area (Å²) in [6.07, 6.45) is 2.85. The van der Waals surface area contributed by atoms with E-state index in [-0.39, 0.29) is 0 Å². The summed E-state index contributed by atoms with van der Waals surface area (Å²) in [6.45, 7) is 1.66. The summed E-state index contributed by atoms with van der Waals surface area (Å²) in [7, 11) is 1.71. The van der Waals surface area contributed by atoms with Gasteiger partial charge in [-0.25, -0.2) is 4.98 Å². The second kappa shape index (κ2) is 8.29. The fourth-order valence-electron chi connectivity index (χ4n) is 2.47. The van der Waals surface area contributed by atoms with Gasteiger partial charge in [0.15, 0.2) is 0 Å². The number of halogens is 1. The SMILES string of the molecule is COc1ccccc1CCNCc1ncc(-c2ccc(Cl)cc2)s1. The van der Waals surface area contributed by atoms with Crippen molar-refractivity contribution in [3.8, 4) is 16.2 Å². The predicted molar refractivity (Wildman–Crippen MR) is 101 cm³/mol. The van der Waals surface area contributed by atoms with Gasteiger partial charge < -0.3 is 10.1 Å². The minimum Gasteiger partial charge on any atom is -0.496 e. The third-order valence-electron chi connectivity index (χ3n) is 3.72. The summed E-state index contributed by atoms with van der Waals surface area (Å²) >= 11 is 7.63. The second-order valence-electron chi connectivity index (χ2n) is 5.36. The summed E-state index contributed by atoms with van der Waals surface area (Å²) in [5, 5.41) is 5.28. The summed E-state index contributed by atoms with van der Waals surface area (Å²) in [5.41, 5.74) is 2.37. The molecule has 3 aromatic rings. The van der Waals surface area contributed by atoms with Crippen molar-refractivity contribution in [3.63, 3.8) is 0 Å². The fraction of sp³-hybridized carbons (Fsp3) is 0.211. The Balaban J connectivity index is 1.52. The standard InChI is InChI=1S/C19H19ClN2OS/c1-23-17-5-3-2-4-14(17)10-11-21-13-19-22-12-18(24-19)15-6-8-16(20)9-7-15/h2-9,12,21H,10-11,13H2,1H3. The van der Waals surface area contributed by atoms with Crippen molar-refractivity contribution in [1.82, 2.24) is 10.3 Å². The van der Waals surface area contributed by atoms with Gasteiger partial charge in [0.2, 0.25) is 0 Å². The van der Waals surface area contributed by atoms with Gasteiger partial charge >= 0.3 is 0 Å². The minimum absolute atomic E-state index is 0.751. The number of methoxy groups -OCH3 is 1. The molecule has 0 spiro atoms. The molecular formula is C19H19ClN2OS. The van der Waals surface area contributed by atoms with Crippen LogP contribution in [0.15, 0.2) is 54.7 Å². The van der Waals surface area contributed by atoms with Gasteiger partial charge in [0.1, 0.15) is 10.8 Å². The van der Waals surface area contributed by atoms with Gasteiger partial charge in [-0.3, -0.25) is 0 Å². The molecule has 1 aromatic heterocycles. The second-order valence-corrected chi connectivity index (χ2v) is 6.92. The quantitative estimate of drug-likeness (QED) is 0.616. The number of hydrogen-bond acceptors (Lipinski definition) is 4. The third kappa shape index (κ3) is 4.35. The molecule has 1 N–H and O–H groups in total. The van der Waals surface area contributed by atoms with E-state index < -0.39 is 0 Å². The van der Waals surface area contributed by atoms with Gasteiger partial charge in [-0.15, -0.1) is 11.3 Å². The van der Waals surface area contributed by atoms with E-state index in [0.29, 0.717) is 0 Å². The molecule has 124 valence electrons. The number of nitrogens with zero attached hydrogens (tertiary/aromatic N) is 1. The minimum atomic E-state index is 0.751. The smallest absolute Gasteiger partial charge is 0.122 e. The molecule has 3 nitrogen and oxygen atoms in total. The molecule has 1 heterocycles. The molecule has 0 unspecified atom stereocenters. The van der Waals surface area contributed by atoms with E-state index in [1.54, 1.807) is 18.4 Å². The highest BCUT2D eigenvalue weighted by atomic mass is 35.5. The van der Waals surface area contributed by atoms with Gasteiger partial charge in [-0.05, 0) is 42.3 Å². The van der Waals surface area contributed by atoms with Crippen molar-refractivity contribution in [3.05, 3.63) is 70.3 Å². The van der Waals surface area contributed by atoms with Gasteiger partial charge in [-0.1, -0.05) is 41.9 Å². The normalized spacial score (nSPS) is 10.8. The Morgan fingerprint density at radius 3 is 2.71 bits per heavy atom. The zero-order valence-corrected chi connectivity index (χ0v) is 15.0. The van der Waals surface area contributed by atoms with E-state index in [2.05, 4.69) is 16.4 Å². The molecule has 0 saturated heterocycles. The maximum Gasteiger partial charge on any atom is 0.122 e. The first-order chi connectivity index (χ1) is 11.8. The van der Waals surface area contributed by atoms with Crippen LogP contribution in [0.3, 0.4) is 0 Å². The molecule has 0 fully saturated rings. The molecular weight excluding hydrogens is 340 g/mol. The Morgan fingerprint density at radius 1 is 1.12 bits per heavy atom. The molecule has 3 rings (SSSR count). The van der Waals surface area contributed by atoms with Gasteiger partial charge in [0, 0.05) is 17.8 Å². The van der Waals surface area contributed by atoms with E-state index >= 15 is 0 Å². The molecule has 0 bridgehead atoms. The molecule has 0 aliphatic heterocycles. The van der Waals surface area contributed by atoms with Crippen LogP contribution in [-0.4, -0.2) is 18.6 Å². The van der Waals surface area contributed by atoms with Gasteiger partial charge in [-0.2, -0.15) is 0 Å². The highest BCUT2D eigenvalue weighted by Crippen LogP contribution is 2.27. The summed E-state index contributed by atoms with van der Waals surface area (Å²) in [6, 6.07) is 16.0. The number of ether oxygens (including phenoxy) is 1. The Kier molecular flexibility index (Phi) is 5.86. The Bertz CT molecular complexity index is 786. The Morgan fingerprint density at radius 2 is 1.92 bits per heavy atom. The van der Waals surface area contributed by atoms with Crippen molar-refractivity contribution < 1.29 is 4.74 Å². The van der Waals surface area contributed by atoms with E-state index in [9.17, 15) is 0 Å². The van der Waals surface area contributed by atoms with Crippen molar-refractivity contribution in [1.29, 1.82) is 0 Å². The lowest BCUT2D eigenvalue weighted by Crippen LogP contribution is -2.16. The summed E-state index contributed by atoms with van der Waals surface area (Å²) in [5.74, 6) is 0.943. The van der Waals surface area contributed by atoms with Crippen LogP contribution in [0.25, 0.3) is 10.4 Å². The number of benzene rings is 2. The third-order valence-corrected chi connectivity index (χ3v) is 5.02. The molecule has 0 amide bonds. The van der Waals surface area contributed by atoms with Crippen molar-refractivity contribution in [2.24, 2.45) is 0 Å². The van der Waals surface area contributed by atoms with Crippen molar-refractivity contribution in [2.45, 2.75) is 13.0 Å². The largest absolute Gasteiger partial charge is 0.496 e. The lowest BCUT2D eigenvalue weighted by molar-refractivity contribution is 0.409. The first-order valence-corrected chi connectivity index (χ1v) is 8.99. The molecule has 0 atom stereocenters. The van der Waals surface area contributed by atoms with E-state index in [1.165, 1.54) is 5.56 Å². The van der Waals surface area contributed by atoms with Gasteiger partial charge in [0.25, 0.3) is 0 Å².